The van der Waals surface area contributed by atoms with Crippen LogP contribution >= 0.6 is 15.9 Å². The molecule has 2 heterocycles. The van der Waals surface area contributed by atoms with Crippen LogP contribution in [-0.2, 0) is 0 Å². The zero-order chi connectivity index (χ0) is 8.55. The van der Waals surface area contributed by atoms with Gasteiger partial charge in [0.15, 0.2) is 5.65 Å². The Bertz CT molecular complexity index is 479. The SMILES string of the molecule is O=c1cnc2c(Br)ccnc2[nH]1. The summed E-state index contributed by atoms with van der Waals surface area (Å²) in [6.45, 7) is 0. The van der Waals surface area contributed by atoms with E-state index in [1.54, 1.807) is 12.3 Å². The third kappa shape index (κ3) is 1.12. The predicted octanol–water partition coefficient (Wildman–Crippen LogP) is 1.08. The molecule has 0 amide bonds. The second-order valence-electron chi connectivity index (χ2n) is 2.24. The minimum atomic E-state index is -0.242. The molecule has 5 heteroatoms. The molecule has 0 aliphatic rings. The Hall–Kier alpha value is -1.23. The lowest BCUT2D eigenvalue weighted by molar-refractivity contribution is 1.16. The highest BCUT2D eigenvalue weighted by Gasteiger charge is 1.99. The van der Waals surface area contributed by atoms with Gasteiger partial charge in [0.25, 0.3) is 5.56 Å². The van der Waals surface area contributed by atoms with Gasteiger partial charge in [-0.2, -0.15) is 0 Å². The molecule has 0 aromatic carbocycles. The number of aromatic amines is 1. The van der Waals surface area contributed by atoms with E-state index in [1.807, 2.05) is 0 Å². The van der Waals surface area contributed by atoms with Gasteiger partial charge in [0.2, 0.25) is 0 Å². The third-order valence-corrected chi connectivity index (χ3v) is 2.07. The van der Waals surface area contributed by atoms with E-state index in [0.29, 0.717) is 11.2 Å². The number of hydrogen-bond acceptors (Lipinski definition) is 3. The van der Waals surface area contributed by atoms with Crippen molar-refractivity contribution < 1.29 is 0 Å². The topological polar surface area (TPSA) is 58.6 Å². The quantitative estimate of drug-likeness (QED) is 0.731. The Labute approximate surface area is 75.8 Å². The molecule has 0 fully saturated rings. The number of H-pyrrole nitrogens is 1. The van der Waals surface area contributed by atoms with Gasteiger partial charge in [-0.3, -0.25) is 4.79 Å². The second-order valence-corrected chi connectivity index (χ2v) is 3.09. The molecule has 0 spiro atoms. The number of pyridine rings is 1. The van der Waals surface area contributed by atoms with E-state index < -0.39 is 0 Å². The molecule has 4 nitrogen and oxygen atoms in total. The molecule has 0 aliphatic heterocycles. The average Bonchev–Trinajstić information content (AvgIpc) is 2.04. The largest absolute Gasteiger partial charge is 0.304 e. The molecule has 0 saturated heterocycles. The summed E-state index contributed by atoms with van der Waals surface area (Å²) in [4.78, 5) is 21.3. The Morgan fingerprint density at radius 2 is 2.25 bits per heavy atom. The fourth-order valence-electron chi connectivity index (χ4n) is 0.917. The summed E-state index contributed by atoms with van der Waals surface area (Å²) in [5.41, 5.74) is 0.919. The smallest absolute Gasteiger partial charge is 0.268 e. The molecule has 1 N–H and O–H groups in total. The standard InChI is InChI=1S/C7H4BrN3O/c8-4-1-2-9-7-6(4)10-3-5(12)11-7/h1-3H,(H,9,11,12). The van der Waals surface area contributed by atoms with E-state index in [1.165, 1.54) is 6.20 Å². The van der Waals surface area contributed by atoms with Crippen molar-refractivity contribution in [1.82, 2.24) is 15.0 Å². The number of hydrogen-bond donors (Lipinski definition) is 1. The maximum atomic E-state index is 10.8. The Morgan fingerprint density at radius 3 is 3.08 bits per heavy atom. The van der Waals surface area contributed by atoms with Crippen molar-refractivity contribution >= 4 is 27.1 Å². The first-order chi connectivity index (χ1) is 5.77. The fraction of sp³-hybridized carbons (Fsp3) is 0. The lowest BCUT2D eigenvalue weighted by Gasteiger charge is -1.95. The zero-order valence-electron chi connectivity index (χ0n) is 5.91. The summed E-state index contributed by atoms with van der Waals surface area (Å²) in [6, 6.07) is 1.77. The van der Waals surface area contributed by atoms with Gasteiger partial charge in [0.1, 0.15) is 5.52 Å². The lowest BCUT2D eigenvalue weighted by Crippen LogP contribution is -2.05. The lowest BCUT2D eigenvalue weighted by atomic mass is 10.4. The van der Waals surface area contributed by atoms with Gasteiger partial charge in [-0.1, -0.05) is 0 Å². The van der Waals surface area contributed by atoms with Crippen molar-refractivity contribution in [3.8, 4) is 0 Å². The van der Waals surface area contributed by atoms with Crippen molar-refractivity contribution in [3.63, 3.8) is 0 Å². The van der Waals surface area contributed by atoms with Crippen molar-refractivity contribution in [1.29, 1.82) is 0 Å². The number of rotatable bonds is 0. The summed E-state index contributed by atoms with van der Waals surface area (Å²) in [5, 5.41) is 0. The highest BCUT2D eigenvalue weighted by molar-refractivity contribution is 9.10. The Morgan fingerprint density at radius 1 is 1.42 bits per heavy atom. The molecule has 0 unspecified atom stereocenters. The van der Waals surface area contributed by atoms with E-state index in [4.69, 9.17) is 0 Å². The normalized spacial score (nSPS) is 10.4. The van der Waals surface area contributed by atoms with Crippen molar-refractivity contribution in [2.75, 3.05) is 0 Å². The van der Waals surface area contributed by atoms with Crippen LogP contribution in [0.5, 0.6) is 0 Å². The number of aromatic nitrogens is 3. The van der Waals surface area contributed by atoms with Crippen LogP contribution in [-0.4, -0.2) is 15.0 Å². The van der Waals surface area contributed by atoms with Gasteiger partial charge < -0.3 is 4.98 Å². The van der Waals surface area contributed by atoms with Crippen LogP contribution in [0.2, 0.25) is 0 Å². The van der Waals surface area contributed by atoms with E-state index in [0.717, 1.165) is 4.47 Å². The number of halogens is 1. The molecule has 0 atom stereocenters. The van der Waals surface area contributed by atoms with E-state index in [2.05, 4.69) is 30.9 Å². The van der Waals surface area contributed by atoms with Gasteiger partial charge in [0, 0.05) is 10.7 Å². The first kappa shape index (κ1) is 7.42. The molecule has 2 aromatic heterocycles. The van der Waals surface area contributed by atoms with Gasteiger partial charge >= 0.3 is 0 Å². The minimum Gasteiger partial charge on any atom is -0.304 e. The molecule has 0 bridgehead atoms. The number of fused-ring (bicyclic) bond motifs is 1. The number of nitrogens with one attached hydrogen (secondary N) is 1. The minimum absolute atomic E-state index is 0.242. The van der Waals surface area contributed by atoms with Crippen molar-refractivity contribution in [2.45, 2.75) is 0 Å². The van der Waals surface area contributed by atoms with Crippen LogP contribution in [0.4, 0.5) is 0 Å². The number of nitrogens with zero attached hydrogens (tertiary/aromatic N) is 2. The van der Waals surface area contributed by atoms with Crippen LogP contribution in [0.15, 0.2) is 27.7 Å². The summed E-state index contributed by atoms with van der Waals surface area (Å²) in [6.07, 6.45) is 2.83. The molecule has 0 aliphatic carbocycles. The molecule has 2 rings (SSSR count). The summed E-state index contributed by atoms with van der Waals surface area (Å²) < 4.78 is 0.823. The molecule has 0 saturated carbocycles. The van der Waals surface area contributed by atoms with Crippen molar-refractivity contribution in [3.05, 3.63) is 33.3 Å². The summed E-state index contributed by atoms with van der Waals surface area (Å²) >= 11 is 3.30. The van der Waals surface area contributed by atoms with Crippen LogP contribution in [0, 0.1) is 0 Å². The highest BCUT2D eigenvalue weighted by atomic mass is 79.9. The Balaban J connectivity index is 2.96. The molecule has 2 aromatic rings. The monoisotopic (exact) mass is 225 g/mol. The summed E-state index contributed by atoms with van der Waals surface area (Å²) in [5.74, 6) is 0. The maximum absolute atomic E-state index is 10.8. The van der Waals surface area contributed by atoms with E-state index in [-0.39, 0.29) is 5.56 Å². The molecule has 0 radical (unpaired) electrons. The van der Waals surface area contributed by atoms with Crippen molar-refractivity contribution in [2.24, 2.45) is 0 Å². The third-order valence-electron chi connectivity index (χ3n) is 1.43. The van der Waals surface area contributed by atoms with Crippen LogP contribution in [0.25, 0.3) is 11.2 Å². The molecule has 12 heavy (non-hydrogen) atoms. The van der Waals surface area contributed by atoms with Gasteiger partial charge in [-0.15, -0.1) is 0 Å². The zero-order valence-corrected chi connectivity index (χ0v) is 7.50. The van der Waals surface area contributed by atoms with Crippen LogP contribution in [0.1, 0.15) is 0 Å². The highest BCUT2D eigenvalue weighted by Crippen LogP contribution is 2.15. The second kappa shape index (κ2) is 2.67. The fourth-order valence-corrected chi connectivity index (χ4v) is 1.33. The van der Waals surface area contributed by atoms with Gasteiger partial charge in [-0.25, -0.2) is 9.97 Å². The van der Waals surface area contributed by atoms with Crippen LogP contribution in [0.3, 0.4) is 0 Å². The maximum Gasteiger partial charge on any atom is 0.268 e. The summed E-state index contributed by atoms with van der Waals surface area (Å²) in [7, 11) is 0. The molecular formula is C7H4BrN3O. The van der Waals surface area contributed by atoms with E-state index in [9.17, 15) is 4.79 Å². The molecular weight excluding hydrogens is 222 g/mol. The van der Waals surface area contributed by atoms with E-state index >= 15 is 0 Å². The van der Waals surface area contributed by atoms with Crippen LogP contribution < -0.4 is 5.56 Å². The first-order valence-corrected chi connectivity index (χ1v) is 4.06. The average molecular weight is 226 g/mol. The van der Waals surface area contributed by atoms with Gasteiger partial charge in [-0.05, 0) is 22.0 Å². The molecule has 60 valence electrons. The Kier molecular flexibility index (Phi) is 1.65. The first-order valence-electron chi connectivity index (χ1n) is 3.27. The van der Waals surface area contributed by atoms with Gasteiger partial charge in [0.05, 0.1) is 6.20 Å². The predicted molar refractivity (Wildman–Crippen MR) is 47.9 cm³/mol.